The average molecular weight is 453 g/mol. The van der Waals surface area contributed by atoms with Gasteiger partial charge in [0.2, 0.25) is 5.91 Å². The summed E-state index contributed by atoms with van der Waals surface area (Å²) in [5.41, 5.74) is 2.04. The van der Waals surface area contributed by atoms with E-state index < -0.39 is 6.09 Å². The summed E-state index contributed by atoms with van der Waals surface area (Å²) in [5.74, 6) is 0.0933. The molecule has 1 saturated heterocycles. The van der Waals surface area contributed by atoms with Crippen molar-refractivity contribution in [2.24, 2.45) is 11.8 Å². The molecule has 4 rings (SSSR count). The van der Waals surface area contributed by atoms with E-state index in [1.807, 2.05) is 47.4 Å². The molecule has 1 heterocycles. The van der Waals surface area contributed by atoms with E-state index in [9.17, 15) is 14.0 Å². The van der Waals surface area contributed by atoms with Crippen LogP contribution in [0.25, 0.3) is 0 Å². The predicted molar refractivity (Wildman–Crippen MR) is 125 cm³/mol. The van der Waals surface area contributed by atoms with Crippen LogP contribution in [0.1, 0.15) is 49.7 Å². The third kappa shape index (κ3) is 6.56. The van der Waals surface area contributed by atoms with Crippen LogP contribution in [0.3, 0.4) is 0 Å². The Labute approximate surface area is 195 Å². The molecule has 0 radical (unpaired) electrons. The van der Waals surface area contributed by atoms with Crippen molar-refractivity contribution in [3.63, 3.8) is 0 Å². The fourth-order valence-corrected chi connectivity index (χ4v) is 5.14. The third-order valence-corrected chi connectivity index (χ3v) is 6.87. The van der Waals surface area contributed by atoms with Crippen molar-refractivity contribution in [2.75, 3.05) is 13.1 Å². The number of benzene rings is 2. The average Bonchev–Trinajstić information content (AvgIpc) is 2.85. The summed E-state index contributed by atoms with van der Waals surface area (Å²) in [6.07, 6.45) is 6.02. The zero-order valence-corrected chi connectivity index (χ0v) is 19.0. The van der Waals surface area contributed by atoms with Crippen molar-refractivity contribution in [3.05, 3.63) is 71.5 Å². The second-order valence-corrected chi connectivity index (χ2v) is 9.33. The second-order valence-electron chi connectivity index (χ2n) is 9.33. The number of carbonyl (C=O) groups excluding carboxylic acids is 2. The Bertz CT molecular complexity index is 919. The first kappa shape index (κ1) is 23.3. The van der Waals surface area contributed by atoms with Crippen LogP contribution in [0.5, 0.6) is 0 Å². The summed E-state index contributed by atoms with van der Waals surface area (Å²) in [5, 5.41) is 2.97. The van der Waals surface area contributed by atoms with E-state index in [1.165, 1.54) is 12.1 Å². The van der Waals surface area contributed by atoms with Crippen molar-refractivity contribution in [1.29, 1.82) is 0 Å². The molecule has 2 amide bonds. The van der Waals surface area contributed by atoms with Crippen LogP contribution in [0, 0.1) is 17.7 Å². The smallest absolute Gasteiger partial charge is 0.407 e. The summed E-state index contributed by atoms with van der Waals surface area (Å²) in [6.45, 7) is 1.70. The molecule has 1 aliphatic heterocycles. The number of hydrogen-bond donors (Lipinski definition) is 1. The number of carbonyl (C=O) groups is 2. The molecule has 2 aromatic carbocycles. The first-order valence-corrected chi connectivity index (χ1v) is 12.1. The predicted octanol–water partition coefficient (Wildman–Crippen LogP) is 5.09. The van der Waals surface area contributed by atoms with Crippen LogP contribution >= 0.6 is 0 Å². The zero-order valence-electron chi connectivity index (χ0n) is 19.0. The lowest BCUT2D eigenvalue weighted by Gasteiger charge is -2.38. The highest BCUT2D eigenvalue weighted by atomic mass is 19.1. The van der Waals surface area contributed by atoms with Crippen molar-refractivity contribution < 1.29 is 18.7 Å². The fraction of sp³-hybridized carbons (Fsp3) is 0.481. The Kier molecular flexibility index (Phi) is 7.97. The van der Waals surface area contributed by atoms with Crippen molar-refractivity contribution >= 4 is 12.0 Å². The third-order valence-electron chi connectivity index (χ3n) is 6.87. The standard InChI is InChI=1S/C27H33FN2O3/c28-23-14-12-20(13-15-23)17-22-9-6-16-30(18-22)26(31)24-10-4-5-11-25(24)29-27(32)33-19-21-7-2-1-3-8-21/h1-3,7-8,12-15,22,24-25H,4-6,9-11,16-19H2,(H,29,32)/t22-,24+,25+/m0/s1. The number of nitrogens with one attached hydrogen (secondary N) is 1. The molecular formula is C27H33FN2O3. The molecule has 6 heteroatoms. The molecule has 2 fully saturated rings. The van der Waals surface area contributed by atoms with Gasteiger partial charge in [-0.2, -0.15) is 0 Å². The Morgan fingerprint density at radius 3 is 2.48 bits per heavy atom. The molecule has 1 saturated carbocycles. The maximum absolute atomic E-state index is 13.5. The number of likely N-dealkylation sites (tertiary alicyclic amines) is 1. The van der Waals surface area contributed by atoms with Gasteiger partial charge < -0.3 is 15.0 Å². The summed E-state index contributed by atoms with van der Waals surface area (Å²) < 4.78 is 18.6. The first-order chi connectivity index (χ1) is 16.1. The molecule has 0 spiro atoms. The summed E-state index contributed by atoms with van der Waals surface area (Å²) in [7, 11) is 0. The Morgan fingerprint density at radius 2 is 1.70 bits per heavy atom. The minimum atomic E-state index is -0.462. The minimum Gasteiger partial charge on any atom is -0.445 e. The molecule has 1 aliphatic carbocycles. The molecule has 0 aromatic heterocycles. The zero-order chi connectivity index (χ0) is 23.0. The molecular weight excluding hydrogens is 419 g/mol. The molecule has 5 nitrogen and oxygen atoms in total. The van der Waals surface area contributed by atoms with Gasteiger partial charge in [-0.15, -0.1) is 0 Å². The second kappa shape index (κ2) is 11.3. The topological polar surface area (TPSA) is 58.6 Å². The van der Waals surface area contributed by atoms with Gasteiger partial charge >= 0.3 is 6.09 Å². The fourth-order valence-electron chi connectivity index (χ4n) is 5.14. The molecule has 2 aliphatic rings. The minimum absolute atomic E-state index is 0.145. The molecule has 0 bridgehead atoms. The van der Waals surface area contributed by atoms with Crippen LogP contribution in [-0.2, 0) is 22.6 Å². The van der Waals surface area contributed by atoms with Gasteiger partial charge in [0.25, 0.3) is 0 Å². The van der Waals surface area contributed by atoms with E-state index >= 15 is 0 Å². The van der Waals surface area contributed by atoms with Gasteiger partial charge in [0.15, 0.2) is 0 Å². The van der Waals surface area contributed by atoms with Gasteiger partial charge in [0.1, 0.15) is 12.4 Å². The van der Waals surface area contributed by atoms with Gasteiger partial charge in [-0.05, 0) is 61.3 Å². The van der Waals surface area contributed by atoms with E-state index in [-0.39, 0.29) is 30.3 Å². The number of amides is 2. The van der Waals surface area contributed by atoms with Gasteiger partial charge in [0, 0.05) is 19.1 Å². The number of ether oxygens (including phenoxy) is 1. The molecule has 2 aromatic rings. The van der Waals surface area contributed by atoms with Gasteiger partial charge in [-0.25, -0.2) is 9.18 Å². The first-order valence-electron chi connectivity index (χ1n) is 12.1. The lowest BCUT2D eigenvalue weighted by Crippen LogP contribution is -2.51. The number of nitrogens with zero attached hydrogens (tertiary/aromatic N) is 1. The van der Waals surface area contributed by atoms with Crippen molar-refractivity contribution in [3.8, 4) is 0 Å². The number of hydrogen-bond acceptors (Lipinski definition) is 3. The van der Waals surface area contributed by atoms with E-state index in [0.717, 1.165) is 69.2 Å². The van der Waals surface area contributed by atoms with E-state index in [2.05, 4.69) is 5.32 Å². The van der Waals surface area contributed by atoms with Crippen LogP contribution in [0.2, 0.25) is 0 Å². The van der Waals surface area contributed by atoms with E-state index in [0.29, 0.717) is 5.92 Å². The number of halogens is 1. The molecule has 0 unspecified atom stereocenters. The highest BCUT2D eigenvalue weighted by molar-refractivity contribution is 5.80. The normalized spacial score (nSPS) is 23.1. The number of alkyl carbamates (subject to hydrolysis) is 1. The molecule has 176 valence electrons. The Hall–Kier alpha value is -2.89. The van der Waals surface area contributed by atoms with Crippen molar-refractivity contribution in [2.45, 2.75) is 57.6 Å². The largest absolute Gasteiger partial charge is 0.445 e. The highest BCUT2D eigenvalue weighted by Gasteiger charge is 2.36. The highest BCUT2D eigenvalue weighted by Crippen LogP contribution is 2.29. The Balaban J connectivity index is 1.32. The summed E-state index contributed by atoms with van der Waals surface area (Å²) in [4.78, 5) is 27.9. The van der Waals surface area contributed by atoms with E-state index in [4.69, 9.17) is 4.74 Å². The summed E-state index contributed by atoms with van der Waals surface area (Å²) >= 11 is 0. The number of rotatable bonds is 6. The van der Waals surface area contributed by atoms with Crippen LogP contribution < -0.4 is 5.32 Å². The maximum atomic E-state index is 13.5. The van der Waals surface area contributed by atoms with Gasteiger partial charge in [0.05, 0.1) is 5.92 Å². The maximum Gasteiger partial charge on any atom is 0.407 e. The van der Waals surface area contributed by atoms with Crippen LogP contribution in [0.4, 0.5) is 9.18 Å². The molecule has 33 heavy (non-hydrogen) atoms. The quantitative estimate of drug-likeness (QED) is 0.664. The summed E-state index contributed by atoms with van der Waals surface area (Å²) in [6, 6.07) is 16.0. The van der Waals surface area contributed by atoms with Crippen LogP contribution in [0.15, 0.2) is 54.6 Å². The molecule has 3 atom stereocenters. The molecule has 1 N–H and O–H groups in total. The van der Waals surface area contributed by atoms with Gasteiger partial charge in [-0.1, -0.05) is 55.3 Å². The lowest BCUT2D eigenvalue weighted by molar-refractivity contribution is -0.139. The lowest BCUT2D eigenvalue weighted by atomic mass is 9.82. The van der Waals surface area contributed by atoms with Crippen molar-refractivity contribution in [1.82, 2.24) is 10.2 Å². The number of piperidine rings is 1. The van der Waals surface area contributed by atoms with Crippen LogP contribution in [-0.4, -0.2) is 36.0 Å². The van der Waals surface area contributed by atoms with Gasteiger partial charge in [-0.3, -0.25) is 4.79 Å². The SMILES string of the molecule is O=C(N[C@@H]1CCCC[C@H]1C(=O)N1CCC[C@@H](Cc2ccc(F)cc2)C1)OCc1ccccc1. The Morgan fingerprint density at radius 1 is 0.939 bits per heavy atom. The monoisotopic (exact) mass is 452 g/mol. The van der Waals surface area contributed by atoms with E-state index in [1.54, 1.807) is 0 Å².